The van der Waals surface area contributed by atoms with Crippen LogP contribution in [0.1, 0.15) is 32.1 Å². The Morgan fingerprint density at radius 1 is 1.27 bits per heavy atom. The number of aromatic nitrogens is 2. The van der Waals surface area contributed by atoms with Crippen LogP contribution in [0.25, 0.3) is 0 Å². The number of nitrogen functional groups attached to an aromatic ring is 1. The maximum absolute atomic E-state index is 5.68. The highest BCUT2D eigenvalue weighted by molar-refractivity contribution is 9.10. The van der Waals surface area contributed by atoms with Crippen molar-refractivity contribution in [3.05, 3.63) is 10.7 Å². The Labute approximate surface area is 97.4 Å². The first-order valence-electron chi connectivity index (χ1n) is 5.21. The van der Waals surface area contributed by atoms with E-state index in [0.29, 0.717) is 16.4 Å². The van der Waals surface area contributed by atoms with Gasteiger partial charge < -0.3 is 10.5 Å². The van der Waals surface area contributed by atoms with E-state index >= 15 is 0 Å². The quantitative estimate of drug-likeness (QED) is 0.840. The summed E-state index contributed by atoms with van der Waals surface area (Å²) in [5, 5.41) is 0. The van der Waals surface area contributed by atoms with Crippen LogP contribution in [0.3, 0.4) is 0 Å². The molecule has 0 aliphatic heterocycles. The van der Waals surface area contributed by atoms with E-state index in [4.69, 9.17) is 10.5 Å². The summed E-state index contributed by atoms with van der Waals surface area (Å²) in [6, 6.07) is 2.04. The molecular formula is C10H14BrN3O. The van der Waals surface area contributed by atoms with Crippen molar-refractivity contribution in [3.8, 4) is 6.01 Å². The van der Waals surface area contributed by atoms with E-state index in [1.54, 1.807) is 6.07 Å². The van der Waals surface area contributed by atoms with Crippen LogP contribution in [0.2, 0.25) is 0 Å². The predicted molar refractivity (Wildman–Crippen MR) is 61.6 cm³/mol. The van der Waals surface area contributed by atoms with Gasteiger partial charge in [0.1, 0.15) is 16.5 Å². The highest BCUT2D eigenvalue weighted by atomic mass is 79.9. The minimum atomic E-state index is 0.257. The average Bonchev–Trinajstić information content (AvgIpc) is 2.17. The van der Waals surface area contributed by atoms with Crippen molar-refractivity contribution in [2.24, 2.45) is 0 Å². The first kappa shape index (κ1) is 10.7. The zero-order valence-corrected chi connectivity index (χ0v) is 10.0. The molecule has 0 saturated heterocycles. The third-order valence-electron chi connectivity index (χ3n) is 2.52. The lowest BCUT2D eigenvalue weighted by atomic mass is 9.98. The Balaban J connectivity index is 2.02. The number of nitrogens with two attached hydrogens (primary N) is 1. The molecular weight excluding hydrogens is 258 g/mol. The maximum atomic E-state index is 5.68. The molecule has 1 aliphatic rings. The molecule has 0 bridgehead atoms. The first-order chi connectivity index (χ1) is 7.24. The Kier molecular flexibility index (Phi) is 3.41. The minimum Gasteiger partial charge on any atom is -0.460 e. The SMILES string of the molecule is Nc1cc(Br)nc(OC2CCCCC2)n1. The Hall–Kier alpha value is -0.840. The lowest BCUT2D eigenvalue weighted by molar-refractivity contribution is 0.142. The monoisotopic (exact) mass is 271 g/mol. The van der Waals surface area contributed by atoms with Crippen molar-refractivity contribution in [3.63, 3.8) is 0 Å². The van der Waals surface area contributed by atoms with Gasteiger partial charge in [-0.2, -0.15) is 9.97 Å². The largest absolute Gasteiger partial charge is 0.460 e. The number of halogens is 1. The topological polar surface area (TPSA) is 61.0 Å². The molecule has 82 valence electrons. The summed E-state index contributed by atoms with van der Waals surface area (Å²) < 4.78 is 6.35. The molecule has 0 spiro atoms. The van der Waals surface area contributed by atoms with Gasteiger partial charge in [0, 0.05) is 6.07 Å². The summed E-state index contributed by atoms with van der Waals surface area (Å²) >= 11 is 3.27. The molecule has 1 fully saturated rings. The van der Waals surface area contributed by atoms with Gasteiger partial charge in [0.05, 0.1) is 0 Å². The molecule has 4 nitrogen and oxygen atoms in total. The van der Waals surface area contributed by atoms with Gasteiger partial charge in [0.15, 0.2) is 0 Å². The van der Waals surface area contributed by atoms with Crippen molar-refractivity contribution in [2.75, 3.05) is 5.73 Å². The maximum Gasteiger partial charge on any atom is 0.319 e. The molecule has 0 radical (unpaired) electrons. The summed E-state index contributed by atoms with van der Waals surface area (Å²) in [6.07, 6.45) is 6.21. The number of rotatable bonds is 2. The molecule has 1 saturated carbocycles. The van der Waals surface area contributed by atoms with Crippen LogP contribution in [0.5, 0.6) is 6.01 Å². The summed E-state index contributed by atoms with van der Waals surface area (Å²) in [5.74, 6) is 0.433. The van der Waals surface area contributed by atoms with Gasteiger partial charge in [-0.25, -0.2) is 0 Å². The van der Waals surface area contributed by atoms with Gasteiger partial charge in [0.2, 0.25) is 0 Å². The summed E-state index contributed by atoms with van der Waals surface area (Å²) in [7, 11) is 0. The highest BCUT2D eigenvalue weighted by Crippen LogP contribution is 2.22. The third-order valence-corrected chi connectivity index (χ3v) is 2.92. The first-order valence-corrected chi connectivity index (χ1v) is 6.00. The van der Waals surface area contributed by atoms with Crippen LogP contribution >= 0.6 is 15.9 Å². The molecule has 1 aromatic heterocycles. The van der Waals surface area contributed by atoms with Gasteiger partial charge in [-0.1, -0.05) is 6.42 Å². The normalized spacial score (nSPS) is 17.7. The van der Waals surface area contributed by atoms with E-state index in [-0.39, 0.29) is 6.10 Å². The molecule has 1 aliphatic carbocycles. The number of hydrogen-bond acceptors (Lipinski definition) is 4. The molecule has 0 unspecified atom stereocenters. The van der Waals surface area contributed by atoms with Gasteiger partial charge in [-0.05, 0) is 41.6 Å². The fraction of sp³-hybridized carbons (Fsp3) is 0.600. The van der Waals surface area contributed by atoms with Crippen molar-refractivity contribution >= 4 is 21.7 Å². The smallest absolute Gasteiger partial charge is 0.319 e. The van der Waals surface area contributed by atoms with E-state index < -0.39 is 0 Å². The van der Waals surface area contributed by atoms with Gasteiger partial charge in [0.25, 0.3) is 0 Å². The van der Waals surface area contributed by atoms with Crippen LogP contribution in [-0.2, 0) is 0 Å². The molecule has 0 amide bonds. The summed E-state index contributed by atoms with van der Waals surface area (Å²) in [6.45, 7) is 0. The van der Waals surface area contributed by atoms with E-state index in [0.717, 1.165) is 12.8 Å². The summed E-state index contributed by atoms with van der Waals surface area (Å²) in [4.78, 5) is 8.17. The molecule has 2 rings (SSSR count). The highest BCUT2D eigenvalue weighted by Gasteiger charge is 2.16. The van der Waals surface area contributed by atoms with E-state index in [9.17, 15) is 0 Å². The lowest BCUT2D eigenvalue weighted by Crippen LogP contribution is -2.20. The second kappa shape index (κ2) is 4.79. The van der Waals surface area contributed by atoms with E-state index in [2.05, 4.69) is 25.9 Å². The standard InChI is InChI=1S/C10H14BrN3O/c11-8-6-9(12)14-10(13-8)15-7-4-2-1-3-5-7/h6-7H,1-5H2,(H2,12,13,14). The number of nitrogens with zero attached hydrogens (tertiary/aromatic N) is 2. The van der Waals surface area contributed by atoms with E-state index in [1.807, 2.05) is 0 Å². The molecule has 1 heterocycles. The van der Waals surface area contributed by atoms with Crippen LogP contribution < -0.4 is 10.5 Å². The fourth-order valence-electron chi connectivity index (χ4n) is 1.80. The van der Waals surface area contributed by atoms with Crippen LogP contribution in [0, 0.1) is 0 Å². The lowest BCUT2D eigenvalue weighted by Gasteiger charge is -2.21. The predicted octanol–water partition coefficient (Wildman–Crippen LogP) is 2.53. The minimum absolute atomic E-state index is 0.257. The average molecular weight is 272 g/mol. The zero-order chi connectivity index (χ0) is 10.7. The number of hydrogen-bond donors (Lipinski definition) is 1. The molecule has 2 N–H and O–H groups in total. The fourth-order valence-corrected chi connectivity index (χ4v) is 2.18. The number of anilines is 1. The molecule has 1 aromatic rings. The summed E-state index contributed by atoms with van der Waals surface area (Å²) in [5.41, 5.74) is 5.60. The van der Waals surface area contributed by atoms with Gasteiger partial charge in [-0.15, -0.1) is 0 Å². The zero-order valence-electron chi connectivity index (χ0n) is 8.45. The Bertz CT molecular complexity index is 319. The van der Waals surface area contributed by atoms with Crippen molar-refractivity contribution in [1.29, 1.82) is 0 Å². The molecule has 0 aromatic carbocycles. The Morgan fingerprint density at radius 3 is 2.67 bits per heavy atom. The molecule has 15 heavy (non-hydrogen) atoms. The van der Waals surface area contributed by atoms with Crippen molar-refractivity contribution in [2.45, 2.75) is 38.2 Å². The van der Waals surface area contributed by atoms with E-state index in [1.165, 1.54) is 19.3 Å². The molecule has 5 heteroatoms. The third kappa shape index (κ3) is 3.06. The van der Waals surface area contributed by atoms with Crippen molar-refractivity contribution in [1.82, 2.24) is 9.97 Å². The Morgan fingerprint density at radius 2 is 2.00 bits per heavy atom. The molecule has 0 atom stereocenters. The van der Waals surface area contributed by atoms with Crippen molar-refractivity contribution < 1.29 is 4.74 Å². The number of ether oxygens (including phenoxy) is 1. The second-order valence-corrected chi connectivity index (χ2v) is 4.59. The van der Waals surface area contributed by atoms with Gasteiger partial charge in [-0.3, -0.25) is 0 Å². The second-order valence-electron chi connectivity index (χ2n) is 3.78. The van der Waals surface area contributed by atoms with Gasteiger partial charge >= 0.3 is 6.01 Å². The van der Waals surface area contributed by atoms with Crippen LogP contribution in [0.4, 0.5) is 5.82 Å². The van der Waals surface area contributed by atoms with Crippen LogP contribution in [0.15, 0.2) is 10.7 Å². The van der Waals surface area contributed by atoms with Crippen LogP contribution in [-0.4, -0.2) is 16.1 Å².